The van der Waals surface area contributed by atoms with E-state index in [0.717, 1.165) is 49.8 Å². The van der Waals surface area contributed by atoms with Crippen LogP contribution in [0.25, 0.3) is 0 Å². The zero-order valence-corrected chi connectivity index (χ0v) is 34.7. The quantitative estimate of drug-likeness (QED) is 0.0235. The zero-order valence-electron chi connectivity index (χ0n) is 24.9. The minimum atomic E-state index is -1.07. The highest BCUT2D eigenvalue weighted by molar-refractivity contribution is 8.18. The molecule has 2 atom stereocenters. The summed E-state index contributed by atoms with van der Waals surface area (Å²) in [6.07, 6.45) is 0. The van der Waals surface area contributed by atoms with E-state index in [0.29, 0.717) is 46.5 Å². The van der Waals surface area contributed by atoms with E-state index in [2.05, 4.69) is 20.6 Å². The molecule has 4 N–H and O–H groups in total. The van der Waals surface area contributed by atoms with Crippen molar-refractivity contribution in [3.8, 4) is 0 Å². The van der Waals surface area contributed by atoms with Crippen LogP contribution in [0.15, 0.2) is 9.98 Å². The third kappa shape index (κ3) is 39.0. The summed E-state index contributed by atoms with van der Waals surface area (Å²) >= 11 is 13.6. The maximum atomic E-state index is 12.0. The predicted octanol–water partition coefficient (Wildman–Crippen LogP) is 4.98. The molecule has 0 radical (unpaired) electrons. The number of aliphatic hydroxyl groups excluding tert-OH is 2. The maximum Gasteiger partial charge on any atom is 0.279 e. The minimum Gasteiger partial charge on any atom is -0.611 e. The molecule has 0 spiro atoms. The summed E-state index contributed by atoms with van der Waals surface area (Å²) in [5.74, 6) is 9.42. The lowest BCUT2D eigenvalue weighted by atomic mass is 10.9. The van der Waals surface area contributed by atoms with Crippen molar-refractivity contribution in [3.63, 3.8) is 0 Å². The number of rotatable bonds is 32. The molecule has 264 valence electrons. The molecule has 0 aliphatic carbocycles. The van der Waals surface area contributed by atoms with Crippen molar-refractivity contribution < 1.29 is 28.9 Å². The Kier molecular flexibility index (Phi) is 41.1. The highest BCUT2D eigenvalue weighted by atomic mass is 32.2. The Morgan fingerprint density at radius 1 is 0.578 bits per heavy atom. The Morgan fingerprint density at radius 3 is 1.51 bits per heavy atom. The SMILES string of the molecule is O=C(NCSCSC/N=C\[S+]([O-])CCSCSCCSC(=O)NCSCSC/N=C\[S+]([O-])CCSCCO)SCCSCCO. The van der Waals surface area contributed by atoms with Gasteiger partial charge in [0.05, 0.1) is 36.7 Å². The number of carbonyl (C=O) groups excluding carboxylic acids is 2. The van der Waals surface area contributed by atoms with E-state index in [1.165, 1.54) is 34.6 Å². The summed E-state index contributed by atoms with van der Waals surface area (Å²) in [6.45, 7) is 0.311. The first kappa shape index (κ1) is 47.3. The van der Waals surface area contributed by atoms with Gasteiger partial charge in [0.15, 0.2) is 0 Å². The normalized spacial score (nSPS) is 13.1. The minimum absolute atomic E-state index is 0.0260. The molecule has 0 aromatic rings. The summed E-state index contributed by atoms with van der Waals surface area (Å²) < 4.78 is 23.8. The van der Waals surface area contributed by atoms with Gasteiger partial charge in [-0.1, -0.05) is 23.5 Å². The number of amides is 2. The second kappa shape index (κ2) is 39.1. The van der Waals surface area contributed by atoms with Gasteiger partial charge >= 0.3 is 0 Å². The van der Waals surface area contributed by atoms with Gasteiger partial charge in [-0.2, -0.15) is 35.3 Å². The number of aliphatic hydroxyl groups is 2. The molecule has 10 nitrogen and oxygen atoms in total. The smallest absolute Gasteiger partial charge is 0.279 e. The average Bonchev–Trinajstić information content (AvgIpc) is 3.03. The van der Waals surface area contributed by atoms with Crippen molar-refractivity contribution in [2.24, 2.45) is 9.98 Å². The van der Waals surface area contributed by atoms with Crippen molar-refractivity contribution in [2.45, 2.75) is 0 Å². The molecule has 45 heavy (non-hydrogen) atoms. The van der Waals surface area contributed by atoms with E-state index in [1.807, 2.05) is 0 Å². The topological polar surface area (TPSA) is 169 Å². The fourth-order valence-corrected chi connectivity index (χ4v) is 13.0. The third-order valence-electron chi connectivity index (χ3n) is 4.10. The number of hydrogen-bond donors (Lipinski definition) is 4. The van der Waals surface area contributed by atoms with E-state index in [4.69, 9.17) is 10.2 Å². The Hall–Kier alpha value is 2.32. The largest absolute Gasteiger partial charge is 0.611 e. The second-order valence-corrected chi connectivity index (χ2v) is 22.1. The molecular weight excluding hydrogens is 813 g/mol. The van der Waals surface area contributed by atoms with Gasteiger partial charge in [-0.25, -0.2) is 9.98 Å². The van der Waals surface area contributed by atoms with Gasteiger partial charge in [0.25, 0.3) is 10.5 Å². The van der Waals surface area contributed by atoms with Crippen LogP contribution in [-0.4, -0.2) is 150 Å². The molecule has 0 aromatic carbocycles. The first-order valence-electron chi connectivity index (χ1n) is 13.4. The summed E-state index contributed by atoms with van der Waals surface area (Å²) in [4.78, 5) is 32.0. The summed E-state index contributed by atoms with van der Waals surface area (Å²) in [5, 5.41) is 25.6. The van der Waals surface area contributed by atoms with Crippen molar-refractivity contribution in [2.75, 3.05) is 110 Å². The maximum absolute atomic E-state index is 12.0. The van der Waals surface area contributed by atoms with Gasteiger partial charge in [0.2, 0.25) is 11.1 Å². The Morgan fingerprint density at radius 2 is 1.00 bits per heavy atom. The van der Waals surface area contributed by atoms with Crippen LogP contribution in [0.3, 0.4) is 0 Å². The molecule has 2 amide bonds. The number of thioether (sulfide) groups is 10. The molecule has 0 heterocycles. The van der Waals surface area contributed by atoms with Crippen molar-refractivity contribution in [1.82, 2.24) is 10.6 Å². The summed E-state index contributed by atoms with van der Waals surface area (Å²) in [5.41, 5.74) is 3.01. The van der Waals surface area contributed by atoms with E-state index < -0.39 is 22.4 Å². The molecule has 0 aliphatic heterocycles. The lowest BCUT2D eigenvalue weighted by Gasteiger charge is -2.06. The highest BCUT2D eigenvalue weighted by Crippen LogP contribution is 2.16. The number of nitrogens with zero attached hydrogens (tertiary/aromatic N) is 2. The number of hydrogen-bond acceptors (Lipinski definition) is 18. The summed E-state index contributed by atoms with van der Waals surface area (Å²) in [7, 11) is 0. The Bertz CT molecular complexity index is 755. The van der Waals surface area contributed by atoms with Gasteiger partial charge in [0.1, 0.15) is 11.5 Å². The van der Waals surface area contributed by atoms with E-state index in [9.17, 15) is 18.7 Å². The lowest BCUT2D eigenvalue weighted by molar-refractivity contribution is 0.261. The molecule has 0 rings (SSSR count). The van der Waals surface area contributed by atoms with Gasteiger partial charge in [0, 0.05) is 61.3 Å². The van der Waals surface area contributed by atoms with Crippen molar-refractivity contribution >= 4 is 162 Å². The van der Waals surface area contributed by atoms with Gasteiger partial charge in [-0.05, 0) is 22.4 Å². The van der Waals surface area contributed by atoms with Crippen molar-refractivity contribution in [3.05, 3.63) is 0 Å². The van der Waals surface area contributed by atoms with E-state index in [-0.39, 0.29) is 23.7 Å². The van der Waals surface area contributed by atoms with Gasteiger partial charge in [-0.3, -0.25) is 9.59 Å². The molecular formula is C23H44N4O6S12. The Balaban J connectivity index is 3.44. The molecule has 0 aromatic heterocycles. The standard InChI is InChI=1S/C23H44N4O6S12/c28-1-3-34-5-7-42-22(30)26-15-40-21-39-14-25-18-45(33)12-10-37-19-36-6-8-43-23(31)27-16-41-20-38-13-24-17-44(32)11-9-35-4-2-29/h17-18,28-29H,1-16,19-21H2,(H,26,30)(H,27,31)/b24-17-,25-18-. The van der Waals surface area contributed by atoms with Gasteiger partial charge < -0.3 is 30.0 Å². The monoisotopic (exact) mass is 856 g/mol. The molecule has 0 saturated carbocycles. The van der Waals surface area contributed by atoms with Crippen LogP contribution in [0.5, 0.6) is 0 Å². The fraction of sp³-hybridized carbons (Fsp3) is 0.826. The van der Waals surface area contributed by atoms with Crippen LogP contribution in [-0.2, 0) is 22.4 Å². The van der Waals surface area contributed by atoms with Crippen LogP contribution >= 0.6 is 118 Å². The third-order valence-corrected chi connectivity index (χ3v) is 17.0. The van der Waals surface area contributed by atoms with Crippen LogP contribution in [0.4, 0.5) is 9.59 Å². The highest BCUT2D eigenvalue weighted by Gasteiger charge is 2.05. The molecule has 2 unspecified atom stereocenters. The molecule has 22 heteroatoms. The predicted molar refractivity (Wildman–Crippen MR) is 223 cm³/mol. The molecule has 0 bridgehead atoms. The molecule has 0 aliphatic rings. The zero-order chi connectivity index (χ0) is 33.1. The van der Waals surface area contributed by atoms with Crippen molar-refractivity contribution in [1.29, 1.82) is 0 Å². The first-order valence-corrected chi connectivity index (χ1v) is 27.4. The lowest BCUT2D eigenvalue weighted by Crippen LogP contribution is -2.18. The fourth-order valence-electron chi connectivity index (χ4n) is 2.21. The molecule has 0 saturated heterocycles. The van der Waals surface area contributed by atoms with Gasteiger partial charge in [-0.15, -0.1) is 58.8 Å². The second-order valence-electron chi connectivity index (χ2n) is 7.58. The van der Waals surface area contributed by atoms with Crippen LogP contribution < -0.4 is 10.6 Å². The molecule has 0 fully saturated rings. The number of nitrogens with one attached hydrogen (secondary N) is 2. The first-order chi connectivity index (χ1) is 22.0. The number of aliphatic imine (C=N–C) groups is 2. The number of carbonyl (C=O) groups is 2. The van der Waals surface area contributed by atoms with Crippen LogP contribution in [0, 0.1) is 0 Å². The van der Waals surface area contributed by atoms with Crippen LogP contribution in [0.1, 0.15) is 0 Å². The summed E-state index contributed by atoms with van der Waals surface area (Å²) in [6, 6.07) is 0. The Labute approximate surface area is 317 Å². The van der Waals surface area contributed by atoms with Crippen LogP contribution in [0.2, 0.25) is 0 Å². The van der Waals surface area contributed by atoms with E-state index in [1.54, 1.807) is 94.1 Å². The average molecular weight is 857 g/mol. The van der Waals surface area contributed by atoms with E-state index >= 15 is 0 Å².